The number of nitrogens with one attached hydrogen (secondary N) is 2. The summed E-state index contributed by atoms with van der Waals surface area (Å²) in [5.74, 6) is 0.475. The molecule has 1 heterocycles. The Morgan fingerprint density at radius 1 is 1.42 bits per heavy atom. The molecular weight excluding hydrogens is 339 g/mol. The van der Waals surface area contributed by atoms with Gasteiger partial charge in [0.2, 0.25) is 5.91 Å². The molecule has 1 aromatic carbocycles. The Balaban J connectivity index is 1.73. The number of halogens is 1. The van der Waals surface area contributed by atoms with Crippen LogP contribution in [0.3, 0.4) is 0 Å². The first-order valence-electron chi connectivity index (χ1n) is 8.70. The summed E-state index contributed by atoms with van der Waals surface area (Å²) in [6.07, 6.45) is 1.02. The number of hydrogen-bond donors (Lipinski definition) is 2. The number of nitrogens with zero attached hydrogens (tertiary/aromatic N) is 2. The van der Waals surface area contributed by atoms with E-state index in [2.05, 4.69) is 20.5 Å². The lowest BCUT2D eigenvalue weighted by Gasteiger charge is -2.21. The Bertz CT molecular complexity index is 612. The molecule has 0 saturated carbocycles. The maximum Gasteiger partial charge on any atom is 0.243 e. The molecule has 1 aliphatic rings. The molecule has 0 radical (unpaired) electrons. The van der Waals surface area contributed by atoms with Crippen molar-refractivity contribution in [1.29, 1.82) is 0 Å². The molecule has 1 aliphatic heterocycles. The molecule has 2 rings (SSSR count). The second-order valence-electron chi connectivity index (χ2n) is 6.13. The summed E-state index contributed by atoms with van der Waals surface area (Å²) in [5.41, 5.74) is 0.432. The van der Waals surface area contributed by atoms with Crippen molar-refractivity contribution in [3.8, 4) is 0 Å². The predicted octanol–water partition coefficient (Wildman–Crippen LogP) is 1.32. The van der Waals surface area contributed by atoms with Gasteiger partial charge in [-0.25, -0.2) is 4.39 Å². The van der Waals surface area contributed by atoms with E-state index in [-0.39, 0.29) is 18.3 Å². The number of ether oxygens (including phenoxy) is 2. The van der Waals surface area contributed by atoms with Crippen molar-refractivity contribution in [3.63, 3.8) is 0 Å². The van der Waals surface area contributed by atoms with Crippen LogP contribution in [0.4, 0.5) is 10.1 Å². The Hall–Kier alpha value is -2.19. The second kappa shape index (κ2) is 10.7. The quantitative estimate of drug-likeness (QED) is 0.412. The number of amides is 1. The molecule has 1 atom stereocenters. The first-order chi connectivity index (χ1) is 12.6. The van der Waals surface area contributed by atoms with Gasteiger partial charge >= 0.3 is 0 Å². The number of likely N-dealkylation sites (tertiary alicyclic amines) is 1. The lowest BCUT2D eigenvalue weighted by molar-refractivity contribution is -0.115. The van der Waals surface area contributed by atoms with Gasteiger partial charge in [-0.3, -0.25) is 9.79 Å². The van der Waals surface area contributed by atoms with Gasteiger partial charge in [-0.05, 0) is 24.6 Å². The Morgan fingerprint density at radius 2 is 2.27 bits per heavy atom. The van der Waals surface area contributed by atoms with E-state index >= 15 is 0 Å². The molecule has 1 aromatic rings. The van der Waals surface area contributed by atoms with Crippen molar-refractivity contribution in [2.75, 3.05) is 58.9 Å². The zero-order valence-corrected chi connectivity index (χ0v) is 15.3. The minimum absolute atomic E-state index is 0.0642. The fraction of sp³-hybridized carbons (Fsp3) is 0.556. The standard InChI is InChI=1S/C18H27FN4O3/c1-20-18(23-7-6-14(12-23)13-26-9-8-25-2)21-11-17(24)22-16-5-3-4-15(19)10-16/h3-5,10,14H,6-9,11-13H2,1-2H3,(H,20,21)(H,22,24). The summed E-state index contributed by atoms with van der Waals surface area (Å²) in [5, 5.41) is 5.71. The number of hydrogen-bond acceptors (Lipinski definition) is 4. The van der Waals surface area contributed by atoms with E-state index in [0.717, 1.165) is 19.5 Å². The van der Waals surface area contributed by atoms with Crippen LogP contribution in [0.15, 0.2) is 29.3 Å². The highest BCUT2D eigenvalue weighted by Gasteiger charge is 2.25. The maximum atomic E-state index is 13.1. The van der Waals surface area contributed by atoms with Crippen molar-refractivity contribution in [2.24, 2.45) is 10.9 Å². The molecule has 144 valence electrons. The fourth-order valence-electron chi connectivity index (χ4n) is 2.82. The summed E-state index contributed by atoms with van der Waals surface area (Å²) in [6, 6.07) is 5.81. The van der Waals surface area contributed by atoms with Gasteiger partial charge in [-0.15, -0.1) is 0 Å². The average Bonchev–Trinajstić information content (AvgIpc) is 3.08. The highest BCUT2D eigenvalue weighted by Crippen LogP contribution is 2.16. The fourth-order valence-corrected chi connectivity index (χ4v) is 2.82. The molecule has 0 aliphatic carbocycles. The first-order valence-corrected chi connectivity index (χ1v) is 8.70. The van der Waals surface area contributed by atoms with E-state index in [4.69, 9.17) is 9.47 Å². The first kappa shape index (κ1) is 20.1. The molecule has 0 bridgehead atoms. The highest BCUT2D eigenvalue weighted by molar-refractivity contribution is 5.95. The molecule has 0 spiro atoms. The van der Waals surface area contributed by atoms with E-state index in [0.29, 0.717) is 37.4 Å². The highest BCUT2D eigenvalue weighted by atomic mass is 19.1. The number of aliphatic imine (C=N–C) groups is 1. The monoisotopic (exact) mass is 366 g/mol. The molecule has 1 amide bonds. The van der Waals surface area contributed by atoms with Crippen LogP contribution in [-0.4, -0.2) is 70.4 Å². The lowest BCUT2D eigenvalue weighted by Crippen LogP contribution is -2.43. The van der Waals surface area contributed by atoms with Crippen molar-refractivity contribution >= 4 is 17.6 Å². The minimum atomic E-state index is -0.387. The normalized spacial score (nSPS) is 17.4. The van der Waals surface area contributed by atoms with Gasteiger partial charge in [0, 0.05) is 38.9 Å². The third-order valence-corrected chi connectivity index (χ3v) is 4.10. The number of benzene rings is 1. The van der Waals surface area contributed by atoms with Gasteiger partial charge in [-0.2, -0.15) is 0 Å². The zero-order valence-electron chi connectivity index (χ0n) is 15.3. The van der Waals surface area contributed by atoms with E-state index in [1.807, 2.05) is 0 Å². The molecular formula is C18H27FN4O3. The van der Waals surface area contributed by atoms with Crippen LogP contribution in [0.1, 0.15) is 6.42 Å². The van der Waals surface area contributed by atoms with E-state index in [1.54, 1.807) is 26.3 Å². The van der Waals surface area contributed by atoms with Crippen molar-refractivity contribution in [3.05, 3.63) is 30.1 Å². The molecule has 0 aromatic heterocycles. The van der Waals surface area contributed by atoms with Gasteiger partial charge in [-0.1, -0.05) is 6.07 Å². The average molecular weight is 366 g/mol. The molecule has 1 fully saturated rings. The van der Waals surface area contributed by atoms with Crippen molar-refractivity contribution in [1.82, 2.24) is 10.2 Å². The molecule has 8 heteroatoms. The molecule has 1 saturated heterocycles. The van der Waals surface area contributed by atoms with Crippen LogP contribution in [-0.2, 0) is 14.3 Å². The topological polar surface area (TPSA) is 75.2 Å². The van der Waals surface area contributed by atoms with E-state index in [1.165, 1.54) is 12.1 Å². The molecule has 2 N–H and O–H groups in total. The zero-order chi connectivity index (χ0) is 18.8. The van der Waals surface area contributed by atoms with Crippen LogP contribution in [0.5, 0.6) is 0 Å². The molecule has 26 heavy (non-hydrogen) atoms. The Labute approximate surface area is 153 Å². The number of carbonyl (C=O) groups is 1. The number of rotatable bonds is 8. The lowest BCUT2D eigenvalue weighted by atomic mass is 10.1. The number of guanidine groups is 1. The van der Waals surface area contributed by atoms with Gasteiger partial charge in [0.1, 0.15) is 5.82 Å². The van der Waals surface area contributed by atoms with Crippen LogP contribution in [0, 0.1) is 11.7 Å². The second-order valence-corrected chi connectivity index (χ2v) is 6.13. The number of carbonyl (C=O) groups excluding carboxylic acids is 1. The van der Waals surface area contributed by atoms with Gasteiger partial charge in [0.05, 0.1) is 26.4 Å². The van der Waals surface area contributed by atoms with Crippen molar-refractivity contribution < 1.29 is 18.7 Å². The minimum Gasteiger partial charge on any atom is -0.382 e. The summed E-state index contributed by atoms with van der Waals surface area (Å²) >= 11 is 0. The van der Waals surface area contributed by atoms with Crippen LogP contribution in [0.2, 0.25) is 0 Å². The molecule has 1 unspecified atom stereocenters. The SMILES string of the molecule is CN=C(NCC(=O)Nc1cccc(F)c1)N1CCC(COCCOC)C1. The largest absolute Gasteiger partial charge is 0.382 e. The maximum absolute atomic E-state index is 13.1. The van der Waals surface area contributed by atoms with E-state index < -0.39 is 0 Å². The summed E-state index contributed by atoms with van der Waals surface area (Å²) in [6.45, 7) is 3.65. The van der Waals surface area contributed by atoms with Crippen LogP contribution < -0.4 is 10.6 Å². The number of anilines is 1. The predicted molar refractivity (Wildman–Crippen MR) is 98.8 cm³/mol. The van der Waals surface area contributed by atoms with Crippen LogP contribution in [0.25, 0.3) is 0 Å². The van der Waals surface area contributed by atoms with Gasteiger partial charge in [0.25, 0.3) is 0 Å². The Kier molecular flexibility index (Phi) is 8.30. The van der Waals surface area contributed by atoms with Crippen LogP contribution >= 0.6 is 0 Å². The summed E-state index contributed by atoms with van der Waals surface area (Å²) in [7, 11) is 3.34. The van der Waals surface area contributed by atoms with Gasteiger partial charge < -0.3 is 25.0 Å². The van der Waals surface area contributed by atoms with E-state index in [9.17, 15) is 9.18 Å². The number of methoxy groups -OCH3 is 1. The third kappa shape index (κ3) is 6.61. The summed E-state index contributed by atoms with van der Waals surface area (Å²) in [4.78, 5) is 18.4. The van der Waals surface area contributed by atoms with Gasteiger partial charge in [0.15, 0.2) is 5.96 Å². The third-order valence-electron chi connectivity index (χ3n) is 4.10. The van der Waals surface area contributed by atoms with Crippen molar-refractivity contribution in [2.45, 2.75) is 6.42 Å². The molecule has 7 nitrogen and oxygen atoms in total. The summed E-state index contributed by atoms with van der Waals surface area (Å²) < 4.78 is 23.7. The Morgan fingerprint density at radius 3 is 3.00 bits per heavy atom. The smallest absolute Gasteiger partial charge is 0.243 e.